The third-order valence-corrected chi connectivity index (χ3v) is 6.10. The quantitative estimate of drug-likeness (QED) is 0.268. The molecule has 1 aliphatic carbocycles. The summed E-state index contributed by atoms with van der Waals surface area (Å²) in [5.41, 5.74) is 2.28. The first-order valence-corrected chi connectivity index (χ1v) is 11.7. The molecule has 1 atom stereocenters. The number of guanidine groups is 1. The van der Waals surface area contributed by atoms with Crippen LogP contribution in [0.4, 0.5) is 0 Å². The second-order valence-corrected chi connectivity index (χ2v) is 8.92. The maximum absolute atomic E-state index is 12.4. The Kier molecular flexibility index (Phi) is 10.6. The van der Waals surface area contributed by atoms with Gasteiger partial charge in [0.1, 0.15) is 5.75 Å². The Morgan fingerprint density at radius 3 is 2.63 bits per heavy atom. The van der Waals surface area contributed by atoms with Crippen molar-refractivity contribution in [2.75, 3.05) is 25.4 Å². The molecule has 2 aromatic carbocycles. The number of rotatable bonds is 10. The molecule has 30 heavy (non-hydrogen) atoms. The topological polar surface area (TPSA) is 62.7 Å². The number of hydrogen-bond donors (Lipinski definition) is 2. The van der Waals surface area contributed by atoms with E-state index in [0.717, 1.165) is 41.2 Å². The van der Waals surface area contributed by atoms with Gasteiger partial charge in [0, 0.05) is 29.3 Å². The van der Waals surface area contributed by atoms with Crippen molar-refractivity contribution in [3.8, 4) is 5.75 Å². The third-order valence-electron chi connectivity index (χ3n) is 4.73. The molecule has 7 heteroatoms. The molecule has 0 amide bonds. The van der Waals surface area contributed by atoms with Crippen LogP contribution in [-0.2, 0) is 17.3 Å². The van der Waals surface area contributed by atoms with Gasteiger partial charge in [-0.15, -0.1) is 24.0 Å². The molecule has 1 unspecified atom stereocenters. The maximum Gasteiger partial charge on any atom is 0.191 e. The van der Waals surface area contributed by atoms with Gasteiger partial charge in [0.05, 0.1) is 24.0 Å². The van der Waals surface area contributed by atoms with Crippen LogP contribution in [0, 0.1) is 12.8 Å². The lowest BCUT2D eigenvalue weighted by Crippen LogP contribution is -2.39. The zero-order valence-corrected chi connectivity index (χ0v) is 20.9. The molecule has 0 radical (unpaired) electrons. The first kappa shape index (κ1) is 24.7. The predicted octanol–water partition coefficient (Wildman–Crippen LogP) is 4.26. The van der Waals surface area contributed by atoms with Crippen LogP contribution in [0.15, 0.2) is 58.4 Å². The fraction of sp³-hybridized carbons (Fsp3) is 0.435. The Hall–Kier alpha value is -1.61. The summed E-state index contributed by atoms with van der Waals surface area (Å²) < 4.78 is 18.4. The molecule has 164 valence electrons. The van der Waals surface area contributed by atoms with Gasteiger partial charge < -0.3 is 15.4 Å². The first-order chi connectivity index (χ1) is 14.2. The molecule has 0 spiro atoms. The van der Waals surface area contributed by atoms with Crippen molar-refractivity contribution < 1.29 is 8.95 Å². The molecule has 2 N–H and O–H groups in total. The van der Waals surface area contributed by atoms with Crippen molar-refractivity contribution in [3.05, 3.63) is 59.7 Å². The number of aryl methyl sites for hydroxylation is 1. The average Bonchev–Trinajstić information content (AvgIpc) is 3.56. The van der Waals surface area contributed by atoms with Gasteiger partial charge in [0.2, 0.25) is 0 Å². The monoisotopic (exact) mass is 541 g/mol. The number of nitrogens with zero attached hydrogens (tertiary/aromatic N) is 1. The highest BCUT2D eigenvalue weighted by molar-refractivity contribution is 14.0. The van der Waals surface area contributed by atoms with Crippen LogP contribution in [0.5, 0.6) is 5.75 Å². The van der Waals surface area contributed by atoms with E-state index < -0.39 is 10.8 Å². The highest BCUT2D eigenvalue weighted by atomic mass is 127. The summed E-state index contributed by atoms with van der Waals surface area (Å²) in [6.07, 6.45) is 2.55. The van der Waals surface area contributed by atoms with Crippen LogP contribution >= 0.6 is 24.0 Å². The van der Waals surface area contributed by atoms with Gasteiger partial charge in [0.15, 0.2) is 5.96 Å². The molecule has 1 fully saturated rings. The Morgan fingerprint density at radius 1 is 1.17 bits per heavy atom. The zero-order valence-electron chi connectivity index (χ0n) is 17.7. The second kappa shape index (κ2) is 12.9. The highest BCUT2D eigenvalue weighted by Crippen LogP contribution is 2.30. The summed E-state index contributed by atoms with van der Waals surface area (Å²) in [7, 11) is -1.02. The summed E-state index contributed by atoms with van der Waals surface area (Å²) in [4.78, 5) is 5.56. The van der Waals surface area contributed by atoms with Crippen LogP contribution in [0.3, 0.4) is 0 Å². The summed E-state index contributed by atoms with van der Waals surface area (Å²) in [5.74, 6) is 2.92. The molecule has 1 saturated carbocycles. The summed E-state index contributed by atoms with van der Waals surface area (Å²) >= 11 is 0. The molecule has 0 saturated heterocycles. The van der Waals surface area contributed by atoms with E-state index in [-0.39, 0.29) is 24.0 Å². The van der Waals surface area contributed by atoms with E-state index in [0.29, 0.717) is 18.8 Å². The molecule has 1 aliphatic rings. The molecular formula is C23H32IN3O2S. The van der Waals surface area contributed by atoms with Crippen molar-refractivity contribution in [2.45, 2.75) is 38.1 Å². The highest BCUT2D eigenvalue weighted by Gasteiger charge is 2.22. The van der Waals surface area contributed by atoms with Gasteiger partial charge in [-0.2, -0.15) is 0 Å². The van der Waals surface area contributed by atoms with Crippen molar-refractivity contribution in [1.82, 2.24) is 10.6 Å². The van der Waals surface area contributed by atoms with E-state index in [1.165, 1.54) is 18.4 Å². The van der Waals surface area contributed by atoms with Crippen LogP contribution in [0.1, 0.15) is 30.9 Å². The minimum absolute atomic E-state index is 0. The first-order valence-electron chi connectivity index (χ1n) is 10.3. The fourth-order valence-corrected chi connectivity index (χ4v) is 3.86. The summed E-state index contributed by atoms with van der Waals surface area (Å²) in [6.45, 7) is 6.81. The van der Waals surface area contributed by atoms with Crippen LogP contribution < -0.4 is 15.4 Å². The van der Waals surface area contributed by atoms with Gasteiger partial charge in [-0.1, -0.05) is 30.3 Å². The lowest BCUT2D eigenvalue weighted by Gasteiger charge is -2.13. The minimum atomic E-state index is -1.02. The van der Waals surface area contributed by atoms with Crippen LogP contribution in [-0.4, -0.2) is 35.6 Å². The Labute approximate surface area is 199 Å². The van der Waals surface area contributed by atoms with E-state index >= 15 is 0 Å². The SMILES string of the molecule is CCNC(=NCc1ccc(C)cc1OCC1CC1)NCCS(=O)c1ccccc1.I. The number of halogens is 1. The average molecular weight is 541 g/mol. The minimum Gasteiger partial charge on any atom is -0.493 e. The molecule has 0 heterocycles. The largest absolute Gasteiger partial charge is 0.493 e. The third kappa shape index (κ3) is 8.26. The zero-order chi connectivity index (χ0) is 20.5. The summed E-state index contributed by atoms with van der Waals surface area (Å²) in [6, 6.07) is 15.8. The van der Waals surface area contributed by atoms with Crippen molar-refractivity contribution in [3.63, 3.8) is 0 Å². The Balaban J connectivity index is 0.00000320. The van der Waals surface area contributed by atoms with E-state index in [2.05, 4.69) is 35.8 Å². The number of hydrogen-bond acceptors (Lipinski definition) is 3. The molecule has 3 rings (SSSR count). The Morgan fingerprint density at radius 2 is 1.93 bits per heavy atom. The number of nitrogens with one attached hydrogen (secondary N) is 2. The molecule has 5 nitrogen and oxygen atoms in total. The predicted molar refractivity (Wildman–Crippen MR) is 135 cm³/mol. The smallest absolute Gasteiger partial charge is 0.191 e. The standard InChI is InChI=1S/C23H31N3O2S.HI/c1-3-24-23(25-13-14-29(27)21-7-5-4-6-8-21)26-16-20-12-9-18(2)15-22(20)28-17-19-10-11-19;/h4-9,12,15,19H,3,10-11,13-14,16-17H2,1-2H3,(H2,24,25,26);1H. The lowest BCUT2D eigenvalue weighted by molar-refractivity contribution is 0.296. The van der Waals surface area contributed by atoms with Crippen molar-refractivity contribution >= 4 is 40.7 Å². The van der Waals surface area contributed by atoms with Crippen molar-refractivity contribution in [1.29, 1.82) is 0 Å². The van der Waals surface area contributed by atoms with Crippen LogP contribution in [0.2, 0.25) is 0 Å². The molecule has 0 bridgehead atoms. The normalized spacial score (nSPS) is 14.5. The lowest BCUT2D eigenvalue weighted by atomic mass is 10.1. The van der Waals surface area contributed by atoms with Gasteiger partial charge in [-0.05, 0) is 56.4 Å². The molecule has 0 aromatic heterocycles. The maximum atomic E-state index is 12.4. The number of aliphatic imine (C=N–C) groups is 1. The molecule has 0 aliphatic heterocycles. The molecule has 2 aromatic rings. The van der Waals surface area contributed by atoms with E-state index in [1.54, 1.807) is 0 Å². The Bertz CT molecular complexity index is 842. The second-order valence-electron chi connectivity index (χ2n) is 7.35. The molecular weight excluding hydrogens is 509 g/mol. The van der Waals surface area contributed by atoms with Crippen molar-refractivity contribution in [2.24, 2.45) is 10.9 Å². The fourth-order valence-electron chi connectivity index (χ4n) is 2.88. The van der Waals surface area contributed by atoms with Gasteiger partial charge in [-0.3, -0.25) is 4.21 Å². The number of benzene rings is 2. The van der Waals surface area contributed by atoms with Gasteiger partial charge in [0.25, 0.3) is 0 Å². The summed E-state index contributed by atoms with van der Waals surface area (Å²) in [5, 5.41) is 6.54. The van der Waals surface area contributed by atoms with E-state index in [9.17, 15) is 4.21 Å². The number of ether oxygens (including phenoxy) is 1. The van der Waals surface area contributed by atoms with Gasteiger partial charge in [-0.25, -0.2) is 4.99 Å². The van der Waals surface area contributed by atoms with E-state index in [1.807, 2.05) is 37.3 Å². The van der Waals surface area contributed by atoms with E-state index in [4.69, 9.17) is 9.73 Å². The van der Waals surface area contributed by atoms with Crippen LogP contribution in [0.25, 0.3) is 0 Å². The van der Waals surface area contributed by atoms with Gasteiger partial charge >= 0.3 is 0 Å².